The van der Waals surface area contributed by atoms with E-state index in [0.29, 0.717) is 18.1 Å². The predicted octanol–water partition coefficient (Wildman–Crippen LogP) is 5.38. The molecule has 2 aromatic carbocycles. The molecule has 3 aliphatic rings. The van der Waals surface area contributed by atoms with E-state index in [1.807, 2.05) is 0 Å². The summed E-state index contributed by atoms with van der Waals surface area (Å²) < 4.78 is 18.2. The molecule has 4 nitrogen and oxygen atoms in total. The van der Waals surface area contributed by atoms with Gasteiger partial charge in [-0.15, -0.1) is 0 Å². The summed E-state index contributed by atoms with van der Waals surface area (Å²) in [7, 11) is 0. The van der Waals surface area contributed by atoms with Gasteiger partial charge in [0, 0.05) is 19.2 Å². The second-order valence-electron chi connectivity index (χ2n) is 9.50. The summed E-state index contributed by atoms with van der Waals surface area (Å²) in [5.74, 6) is 2.71. The first-order valence-corrected chi connectivity index (χ1v) is 12.1. The average molecular weight is 422 g/mol. The minimum atomic E-state index is 0.152. The van der Waals surface area contributed by atoms with Crippen LogP contribution in [0, 0.1) is 12.8 Å². The molecule has 5 rings (SSSR count). The van der Waals surface area contributed by atoms with Gasteiger partial charge in [-0.2, -0.15) is 0 Å². The molecule has 0 bridgehead atoms. The van der Waals surface area contributed by atoms with Crippen molar-refractivity contribution in [3.05, 3.63) is 59.2 Å². The molecule has 1 saturated heterocycles. The van der Waals surface area contributed by atoms with Crippen molar-refractivity contribution in [2.75, 3.05) is 19.8 Å². The van der Waals surface area contributed by atoms with Crippen LogP contribution in [-0.2, 0) is 11.2 Å². The van der Waals surface area contributed by atoms with E-state index in [-0.39, 0.29) is 6.10 Å². The maximum atomic E-state index is 6.37. The van der Waals surface area contributed by atoms with E-state index in [4.69, 9.17) is 14.2 Å². The summed E-state index contributed by atoms with van der Waals surface area (Å²) in [5.41, 5.74) is 3.88. The van der Waals surface area contributed by atoms with Gasteiger partial charge in [-0.25, -0.2) is 0 Å². The lowest BCUT2D eigenvalue weighted by Gasteiger charge is -2.31. The number of benzene rings is 2. The van der Waals surface area contributed by atoms with Crippen molar-refractivity contribution in [1.29, 1.82) is 0 Å². The molecule has 1 saturated carbocycles. The molecular formula is C27H35NO3. The Hall–Kier alpha value is -2.04. The summed E-state index contributed by atoms with van der Waals surface area (Å²) in [6, 6.07) is 15.6. The van der Waals surface area contributed by atoms with Crippen molar-refractivity contribution in [1.82, 2.24) is 5.32 Å². The third kappa shape index (κ3) is 5.07. The molecule has 31 heavy (non-hydrogen) atoms. The van der Waals surface area contributed by atoms with Crippen molar-refractivity contribution in [3.8, 4) is 11.5 Å². The summed E-state index contributed by atoms with van der Waals surface area (Å²) in [6.07, 6.45) is 8.39. The second kappa shape index (κ2) is 9.62. The van der Waals surface area contributed by atoms with E-state index in [9.17, 15) is 0 Å². The topological polar surface area (TPSA) is 39.7 Å². The maximum absolute atomic E-state index is 6.37. The van der Waals surface area contributed by atoms with Gasteiger partial charge in [0.1, 0.15) is 17.6 Å². The summed E-state index contributed by atoms with van der Waals surface area (Å²) in [5, 5.41) is 3.76. The molecule has 166 valence electrons. The molecular weight excluding hydrogens is 386 g/mol. The third-order valence-electron chi connectivity index (χ3n) is 7.21. The highest BCUT2D eigenvalue weighted by Crippen LogP contribution is 2.38. The standard InChI is InChI=1S/C27H35NO3/c1-19-4-2-3-5-25(19)27-12-6-21-16-24(11-13-26(21)31-27)30-23-9-7-22(8-10-23)28-17-20-14-15-29-18-20/h2-5,11,13,16,20,22-23,27-28H,6-10,12,14-15,17-18H2,1H3/t20?,22-,23-,27?. The molecule has 2 aromatic rings. The fraction of sp³-hybridized carbons (Fsp3) is 0.556. The lowest BCUT2D eigenvalue weighted by molar-refractivity contribution is 0.136. The fourth-order valence-electron chi connectivity index (χ4n) is 5.26. The average Bonchev–Trinajstić information content (AvgIpc) is 3.32. The van der Waals surface area contributed by atoms with E-state index < -0.39 is 0 Å². The molecule has 0 amide bonds. The maximum Gasteiger partial charge on any atom is 0.124 e. The highest BCUT2D eigenvalue weighted by atomic mass is 16.5. The van der Waals surface area contributed by atoms with Crippen molar-refractivity contribution in [2.45, 2.75) is 70.1 Å². The van der Waals surface area contributed by atoms with Crippen LogP contribution in [0.25, 0.3) is 0 Å². The van der Waals surface area contributed by atoms with Gasteiger partial charge in [-0.1, -0.05) is 24.3 Å². The van der Waals surface area contributed by atoms with E-state index in [2.05, 4.69) is 54.7 Å². The van der Waals surface area contributed by atoms with Crippen LogP contribution in [0.2, 0.25) is 0 Å². The minimum Gasteiger partial charge on any atom is -0.490 e. The van der Waals surface area contributed by atoms with Crippen molar-refractivity contribution < 1.29 is 14.2 Å². The molecule has 0 aromatic heterocycles. The monoisotopic (exact) mass is 421 g/mol. The normalized spacial score (nSPS) is 28.0. The molecule has 1 N–H and O–H groups in total. The van der Waals surface area contributed by atoms with Crippen LogP contribution in [0.5, 0.6) is 11.5 Å². The first-order valence-electron chi connectivity index (χ1n) is 12.1. The Morgan fingerprint density at radius 2 is 1.87 bits per heavy atom. The van der Waals surface area contributed by atoms with E-state index >= 15 is 0 Å². The minimum absolute atomic E-state index is 0.152. The number of ether oxygens (including phenoxy) is 3. The Morgan fingerprint density at radius 3 is 2.68 bits per heavy atom. The zero-order valence-corrected chi connectivity index (χ0v) is 18.6. The van der Waals surface area contributed by atoms with Crippen molar-refractivity contribution in [3.63, 3.8) is 0 Å². The van der Waals surface area contributed by atoms with Crippen molar-refractivity contribution >= 4 is 0 Å². The number of fused-ring (bicyclic) bond motifs is 1. The number of hydrogen-bond donors (Lipinski definition) is 1. The zero-order valence-electron chi connectivity index (χ0n) is 18.6. The van der Waals surface area contributed by atoms with Gasteiger partial charge in [0.05, 0.1) is 12.7 Å². The van der Waals surface area contributed by atoms with Gasteiger partial charge in [0.2, 0.25) is 0 Å². The number of aryl methyl sites for hydroxylation is 2. The van der Waals surface area contributed by atoms with Gasteiger partial charge < -0.3 is 19.5 Å². The van der Waals surface area contributed by atoms with E-state index in [1.54, 1.807) is 0 Å². The summed E-state index contributed by atoms with van der Waals surface area (Å²) >= 11 is 0. The van der Waals surface area contributed by atoms with Gasteiger partial charge in [-0.05, 0) is 92.7 Å². The van der Waals surface area contributed by atoms with Crippen LogP contribution in [-0.4, -0.2) is 31.9 Å². The van der Waals surface area contributed by atoms with Crippen LogP contribution < -0.4 is 14.8 Å². The highest BCUT2D eigenvalue weighted by molar-refractivity contribution is 5.43. The molecule has 2 unspecified atom stereocenters. The fourth-order valence-corrected chi connectivity index (χ4v) is 5.26. The van der Waals surface area contributed by atoms with Crippen molar-refractivity contribution in [2.24, 2.45) is 5.92 Å². The lowest BCUT2D eigenvalue weighted by atomic mass is 9.92. The van der Waals surface area contributed by atoms with Crippen LogP contribution in [0.15, 0.2) is 42.5 Å². The first kappa shape index (κ1) is 20.8. The molecule has 4 heteroatoms. The van der Waals surface area contributed by atoms with Gasteiger partial charge in [0.25, 0.3) is 0 Å². The quantitative estimate of drug-likeness (QED) is 0.680. The highest BCUT2D eigenvalue weighted by Gasteiger charge is 2.26. The smallest absolute Gasteiger partial charge is 0.124 e. The van der Waals surface area contributed by atoms with Crippen LogP contribution in [0.4, 0.5) is 0 Å². The number of rotatable bonds is 6. The third-order valence-corrected chi connectivity index (χ3v) is 7.21. The Morgan fingerprint density at radius 1 is 1.00 bits per heavy atom. The summed E-state index contributed by atoms with van der Waals surface area (Å²) in [4.78, 5) is 0. The predicted molar refractivity (Wildman–Crippen MR) is 123 cm³/mol. The molecule has 2 fully saturated rings. The number of hydrogen-bond acceptors (Lipinski definition) is 4. The van der Waals surface area contributed by atoms with Crippen LogP contribution in [0.3, 0.4) is 0 Å². The summed E-state index contributed by atoms with van der Waals surface area (Å²) in [6.45, 7) is 5.13. The molecule has 2 atom stereocenters. The van der Waals surface area contributed by atoms with E-state index in [0.717, 1.165) is 56.9 Å². The molecule has 1 aliphatic carbocycles. The van der Waals surface area contributed by atoms with E-state index in [1.165, 1.54) is 36.0 Å². The lowest BCUT2D eigenvalue weighted by Crippen LogP contribution is -2.38. The van der Waals surface area contributed by atoms with Gasteiger partial charge in [0.15, 0.2) is 0 Å². The molecule has 2 heterocycles. The van der Waals surface area contributed by atoms with Crippen LogP contribution in [0.1, 0.15) is 61.3 Å². The zero-order chi connectivity index (χ0) is 21.0. The Labute approximate surface area is 186 Å². The molecule has 0 spiro atoms. The largest absolute Gasteiger partial charge is 0.490 e. The van der Waals surface area contributed by atoms with Gasteiger partial charge >= 0.3 is 0 Å². The Bertz CT molecular complexity index is 869. The molecule has 0 radical (unpaired) electrons. The first-order chi connectivity index (χ1) is 15.2. The number of nitrogens with one attached hydrogen (secondary N) is 1. The second-order valence-corrected chi connectivity index (χ2v) is 9.50. The van der Waals surface area contributed by atoms with Crippen LogP contribution >= 0.6 is 0 Å². The Kier molecular flexibility index (Phi) is 6.47. The Balaban J connectivity index is 1.12. The van der Waals surface area contributed by atoms with Gasteiger partial charge in [-0.3, -0.25) is 0 Å². The molecule has 2 aliphatic heterocycles. The SMILES string of the molecule is Cc1ccccc1C1CCc2cc(O[C@H]3CC[C@H](NCC4CCOC4)CC3)ccc2O1.